The number of hydrogen-bond acceptors (Lipinski definition) is 12. The lowest BCUT2D eigenvalue weighted by Crippen LogP contribution is -2.50. The molecule has 0 bridgehead atoms. The summed E-state index contributed by atoms with van der Waals surface area (Å²) in [6, 6.07) is 0. The van der Waals surface area contributed by atoms with Crippen molar-refractivity contribution >= 4 is 17.8 Å². The molecular weight excluding hydrogens is 528 g/mol. The Morgan fingerprint density at radius 2 is 1.68 bits per heavy atom. The molecule has 0 aromatic rings. The minimum Gasteiger partial charge on any atom is -0.394 e. The Bertz CT molecular complexity index is 799. The van der Waals surface area contributed by atoms with Gasteiger partial charge in [-0.3, -0.25) is 9.59 Å². The number of hydroxylamine groups is 2. The van der Waals surface area contributed by atoms with E-state index in [0.717, 1.165) is 51.6 Å². The number of nitrogens with zero attached hydrogens (tertiary/aromatic N) is 2. The van der Waals surface area contributed by atoms with Crippen molar-refractivity contribution in [3.8, 4) is 0 Å². The highest BCUT2D eigenvalue weighted by Gasteiger charge is 2.37. The van der Waals surface area contributed by atoms with Crippen LogP contribution in [-0.4, -0.2) is 124 Å². The summed E-state index contributed by atoms with van der Waals surface area (Å²) in [6.07, 6.45) is 1.25. The van der Waals surface area contributed by atoms with Crippen LogP contribution in [-0.2, 0) is 33.4 Å². The van der Waals surface area contributed by atoms with Gasteiger partial charge in [0.2, 0.25) is 0 Å². The van der Waals surface area contributed by atoms with E-state index in [2.05, 4.69) is 4.90 Å². The molecule has 3 fully saturated rings. The number of amides is 2. The van der Waals surface area contributed by atoms with Gasteiger partial charge in [0, 0.05) is 32.2 Å². The van der Waals surface area contributed by atoms with E-state index in [9.17, 15) is 34.8 Å². The summed E-state index contributed by atoms with van der Waals surface area (Å²) in [6.45, 7) is 3.97. The molecule has 0 saturated carbocycles. The van der Waals surface area contributed by atoms with E-state index in [-0.39, 0.29) is 37.9 Å². The molecule has 13 nitrogen and oxygen atoms in total. The summed E-state index contributed by atoms with van der Waals surface area (Å²) in [5.41, 5.74) is 0. The van der Waals surface area contributed by atoms with Gasteiger partial charge in [0.15, 0.2) is 6.29 Å². The van der Waals surface area contributed by atoms with Crippen LogP contribution >= 0.6 is 0 Å². The van der Waals surface area contributed by atoms with Crippen LogP contribution < -0.4 is 0 Å². The molecule has 0 unspecified atom stereocenters. The molecule has 3 aliphatic heterocycles. The highest BCUT2D eigenvalue weighted by Crippen LogP contribution is 2.23. The second-order valence-corrected chi connectivity index (χ2v) is 10.9. The van der Waals surface area contributed by atoms with Crippen LogP contribution in [0.3, 0.4) is 0 Å². The third-order valence-corrected chi connectivity index (χ3v) is 7.65. The fourth-order valence-corrected chi connectivity index (χ4v) is 5.23. The van der Waals surface area contributed by atoms with Gasteiger partial charge in [-0.15, -0.1) is 5.06 Å². The predicted octanol–water partition coefficient (Wildman–Crippen LogP) is 0.0103. The minimum absolute atomic E-state index is 0.0634. The van der Waals surface area contributed by atoms with Gasteiger partial charge >= 0.3 is 5.97 Å². The average molecular weight is 575 g/mol. The van der Waals surface area contributed by atoms with Crippen LogP contribution in [0.15, 0.2) is 0 Å². The Labute approximate surface area is 235 Å². The largest absolute Gasteiger partial charge is 0.394 e. The molecule has 7 atom stereocenters. The smallest absolute Gasteiger partial charge is 0.333 e. The van der Waals surface area contributed by atoms with Crippen LogP contribution in [0.1, 0.15) is 77.6 Å². The molecule has 0 radical (unpaired) electrons. The predicted molar refractivity (Wildman–Crippen MR) is 139 cm³/mol. The molecule has 0 aromatic heterocycles. The summed E-state index contributed by atoms with van der Waals surface area (Å²) in [5.74, 6) is -1.59. The molecule has 2 amide bonds. The van der Waals surface area contributed by atoms with Crippen LogP contribution in [0.25, 0.3) is 0 Å². The Hall–Kier alpha value is -1.71. The number of hydrogen-bond donors (Lipinski definition) is 4. The highest BCUT2D eigenvalue weighted by atomic mass is 16.7. The third-order valence-electron chi connectivity index (χ3n) is 7.65. The summed E-state index contributed by atoms with van der Waals surface area (Å²) >= 11 is 0. The van der Waals surface area contributed by atoms with Gasteiger partial charge in [-0.25, -0.2) is 4.79 Å². The highest BCUT2D eigenvalue weighted by molar-refractivity contribution is 6.01. The summed E-state index contributed by atoms with van der Waals surface area (Å²) < 4.78 is 17.3. The first-order chi connectivity index (χ1) is 19.2. The zero-order valence-electron chi connectivity index (χ0n) is 23.4. The van der Waals surface area contributed by atoms with Crippen molar-refractivity contribution in [3.05, 3.63) is 0 Å². The fraction of sp³-hybridized carbons (Fsp3) is 0.889. The van der Waals surface area contributed by atoms with Crippen molar-refractivity contribution in [2.45, 2.75) is 120 Å². The summed E-state index contributed by atoms with van der Waals surface area (Å²) in [7, 11) is 0. The monoisotopic (exact) mass is 574 g/mol. The number of rotatable bonds is 16. The standard InChI is InChI=1S/C27H46N2O11/c1-18-8-9-19(31)21(38-18)6-5-13-28(14-15-37-26-16-20(32)27(36)22(17-30)39-26)12-4-2-3-7-25(35)40-29-23(33)10-11-24(29)34/h18-22,26-27,30-32,36H,2-17H2,1H3/t18-,19-,20+,21-,22+,26-,27-/m0/s1. The SMILES string of the molecule is C[C@H]1CC[C@H](O)[C@H](CCCN(CCCCCC(=O)ON2C(=O)CCC2=O)CCO[C@@H]2C[C@@H](O)[C@H](O)[C@@H](CO)O2)O1. The number of carbonyl (C=O) groups excluding carboxylic acids is 3. The Morgan fingerprint density at radius 3 is 2.40 bits per heavy atom. The van der Waals surface area contributed by atoms with E-state index < -0.39 is 55.1 Å². The molecule has 40 heavy (non-hydrogen) atoms. The van der Waals surface area contributed by atoms with Crippen molar-refractivity contribution in [3.63, 3.8) is 0 Å². The molecule has 0 aliphatic carbocycles. The Kier molecular flexibility index (Phi) is 13.7. The van der Waals surface area contributed by atoms with Crippen LogP contribution in [0.2, 0.25) is 0 Å². The lowest BCUT2D eigenvalue weighted by Gasteiger charge is -2.36. The van der Waals surface area contributed by atoms with E-state index in [1.54, 1.807) is 0 Å². The van der Waals surface area contributed by atoms with Crippen molar-refractivity contribution in [2.75, 3.05) is 32.8 Å². The second-order valence-electron chi connectivity index (χ2n) is 10.9. The van der Waals surface area contributed by atoms with Crippen molar-refractivity contribution in [1.82, 2.24) is 9.96 Å². The van der Waals surface area contributed by atoms with E-state index in [1.165, 1.54) is 0 Å². The minimum atomic E-state index is -1.16. The number of unbranched alkanes of at least 4 members (excludes halogenated alkanes) is 2. The van der Waals surface area contributed by atoms with E-state index in [0.29, 0.717) is 24.6 Å². The maximum atomic E-state index is 12.0. The molecule has 0 aromatic carbocycles. The molecule has 3 heterocycles. The second kappa shape index (κ2) is 16.7. The number of aliphatic hydroxyl groups excluding tert-OH is 4. The first-order valence-corrected chi connectivity index (χ1v) is 14.5. The average Bonchev–Trinajstić information content (AvgIpc) is 3.23. The molecule has 13 heteroatoms. The van der Waals surface area contributed by atoms with Gasteiger partial charge in [0.05, 0.1) is 37.6 Å². The number of ether oxygens (including phenoxy) is 3. The van der Waals surface area contributed by atoms with Crippen molar-refractivity contribution < 1.29 is 53.9 Å². The molecule has 0 spiro atoms. The number of carbonyl (C=O) groups is 3. The lowest BCUT2D eigenvalue weighted by molar-refractivity contribution is -0.257. The van der Waals surface area contributed by atoms with Gasteiger partial charge in [-0.05, 0) is 58.5 Å². The van der Waals surface area contributed by atoms with Gasteiger partial charge in [-0.1, -0.05) is 6.42 Å². The topological polar surface area (TPSA) is 176 Å². The molecule has 3 rings (SSSR count). The van der Waals surface area contributed by atoms with Crippen LogP contribution in [0.4, 0.5) is 0 Å². The lowest BCUT2D eigenvalue weighted by atomic mass is 9.98. The summed E-state index contributed by atoms with van der Waals surface area (Å²) in [4.78, 5) is 42.3. The molecule has 4 N–H and O–H groups in total. The first kappa shape index (κ1) is 32.8. The van der Waals surface area contributed by atoms with E-state index in [4.69, 9.17) is 19.0 Å². The van der Waals surface area contributed by atoms with Crippen molar-refractivity contribution in [2.24, 2.45) is 0 Å². The van der Waals surface area contributed by atoms with Crippen molar-refractivity contribution in [1.29, 1.82) is 0 Å². The fourth-order valence-electron chi connectivity index (χ4n) is 5.23. The molecule has 230 valence electrons. The van der Waals surface area contributed by atoms with Gasteiger partial charge < -0.3 is 44.4 Å². The van der Waals surface area contributed by atoms with Gasteiger partial charge in [-0.2, -0.15) is 0 Å². The maximum absolute atomic E-state index is 12.0. The Morgan fingerprint density at radius 1 is 0.950 bits per heavy atom. The zero-order chi connectivity index (χ0) is 29.1. The zero-order valence-corrected chi connectivity index (χ0v) is 23.4. The van der Waals surface area contributed by atoms with Gasteiger partial charge in [0.25, 0.3) is 11.8 Å². The molecule has 3 aliphatic rings. The van der Waals surface area contributed by atoms with Crippen LogP contribution in [0, 0.1) is 0 Å². The molecule has 3 saturated heterocycles. The van der Waals surface area contributed by atoms with Gasteiger partial charge in [0.1, 0.15) is 12.2 Å². The normalized spacial score (nSPS) is 31.2. The maximum Gasteiger partial charge on any atom is 0.333 e. The number of imide groups is 1. The quantitative estimate of drug-likeness (QED) is 0.144. The summed E-state index contributed by atoms with van der Waals surface area (Å²) in [5, 5.41) is 40.1. The molecular formula is C27H46N2O11. The van der Waals surface area contributed by atoms with E-state index >= 15 is 0 Å². The number of aliphatic hydroxyl groups is 4. The Balaban J connectivity index is 1.39. The van der Waals surface area contributed by atoms with Crippen LogP contribution in [0.5, 0.6) is 0 Å². The third kappa shape index (κ3) is 10.3. The first-order valence-electron chi connectivity index (χ1n) is 14.5. The van der Waals surface area contributed by atoms with E-state index in [1.807, 2.05) is 6.92 Å².